The Morgan fingerprint density at radius 2 is 1.85 bits per heavy atom. The van der Waals surface area contributed by atoms with Crippen molar-refractivity contribution in [2.24, 2.45) is 5.73 Å². The predicted molar refractivity (Wildman–Crippen MR) is 79.1 cm³/mol. The number of nitrogens with one attached hydrogen (secondary N) is 1. The topological polar surface area (TPSA) is 81.1 Å². The molecule has 5 N–H and O–H groups in total. The van der Waals surface area contributed by atoms with Gasteiger partial charge in [-0.2, -0.15) is 0 Å². The zero-order valence-corrected chi connectivity index (χ0v) is 11.6. The van der Waals surface area contributed by atoms with E-state index in [2.05, 4.69) is 5.32 Å². The van der Waals surface area contributed by atoms with Crippen LogP contribution >= 0.6 is 23.2 Å². The van der Waals surface area contributed by atoms with E-state index < -0.39 is 11.7 Å². The summed E-state index contributed by atoms with van der Waals surface area (Å²) in [6.07, 6.45) is 0. The molecule has 0 unspecified atom stereocenters. The normalized spacial score (nSPS) is 10.3. The summed E-state index contributed by atoms with van der Waals surface area (Å²) in [7, 11) is 0. The average molecular weight is 314 g/mol. The summed E-state index contributed by atoms with van der Waals surface area (Å²) in [6.45, 7) is 0. The largest absolute Gasteiger partial charge is 0.399 e. The van der Waals surface area contributed by atoms with Gasteiger partial charge in [-0.1, -0.05) is 29.3 Å². The Hall–Kier alpha value is -1.98. The Labute approximate surface area is 124 Å². The van der Waals surface area contributed by atoms with Crippen LogP contribution in [0.1, 0.15) is 10.4 Å². The summed E-state index contributed by atoms with van der Waals surface area (Å²) in [5, 5.41) is 2.97. The van der Waals surface area contributed by atoms with Gasteiger partial charge in [0.25, 0.3) is 5.91 Å². The van der Waals surface area contributed by atoms with Crippen LogP contribution in [-0.2, 0) is 0 Å². The molecule has 0 bridgehead atoms. The molecule has 0 fully saturated rings. The van der Waals surface area contributed by atoms with Gasteiger partial charge in [0.15, 0.2) is 0 Å². The van der Waals surface area contributed by atoms with Crippen molar-refractivity contribution in [3.63, 3.8) is 0 Å². The lowest BCUT2D eigenvalue weighted by Crippen LogP contribution is -2.14. The van der Waals surface area contributed by atoms with Crippen LogP contribution in [-0.4, -0.2) is 5.91 Å². The summed E-state index contributed by atoms with van der Waals surface area (Å²) in [5.41, 5.74) is 11.3. The first-order chi connectivity index (χ1) is 9.40. The number of hydrogen-bond donors (Lipinski definition) is 3. The van der Waals surface area contributed by atoms with Crippen molar-refractivity contribution in [2.45, 2.75) is 0 Å². The van der Waals surface area contributed by atoms with Crippen LogP contribution in [0.5, 0.6) is 0 Å². The highest BCUT2D eigenvalue weighted by Crippen LogP contribution is 2.35. The zero-order valence-electron chi connectivity index (χ0n) is 10.1. The molecule has 0 atom stereocenters. The number of carbonyl (C=O) groups is 1. The molecule has 0 heterocycles. The fourth-order valence-electron chi connectivity index (χ4n) is 1.69. The Balaban J connectivity index is 2.56. The molecule has 104 valence electrons. The summed E-state index contributed by atoms with van der Waals surface area (Å²) < 4.78 is 13.7. The number of carbonyl (C=O) groups excluding carboxylic acids is 1. The lowest BCUT2D eigenvalue weighted by Gasteiger charge is -2.14. The van der Waals surface area contributed by atoms with Crippen molar-refractivity contribution in [1.82, 2.24) is 0 Å². The number of anilines is 3. The standard InChI is InChI=1S/C13H10Cl2FN3O/c14-8-2-1-3-10(16)12(8)19-11-7(13(18)20)4-6(17)5-9(11)15/h1-5,19H,17H2,(H2,18,20). The van der Waals surface area contributed by atoms with E-state index in [1.165, 1.54) is 30.3 Å². The van der Waals surface area contributed by atoms with Gasteiger partial charge in [-0.25, -0.2) is 4.39 Å². The minimum absolute atomic E-state index is 0.00309. The molecule has 0 saturated carbocycles. The number of primary amides is 1. The minimum atomic E-state index is -0.742. The number of nitrogens with two attached hydrogens (primary N) is 2. The van der Waals surface area contributed by atoms with E-state index >= 15 is 0 Å². The molecule has 7 heteroatoms. The van der Waals surface area contributed by atoms with Crippen LogP contribution in [0.15, 0.2) is 30.3 Å². The second kappa shape index (κ2) is 5.56. The highest BCUT2D eigenvalue weighted by molar-refractivity contribution is 6.35. The molecule has 0 aromatic heterocycles. The number of hydrogen-bond acceptors (Lipinski definition) is 3. The van der Waals surface area contributed by atoms with Crippen molar-refractivity contribution >= 4 is 46.2 Å². The van der Waals surface area contributed by atoms with Gasteiger partial charge in [-0.05, 0) is 24.3 Å². The second-order valence-corrected chi connectivity index (χ2v) is 4.83. The first kappa shape index (κ1) is 14.4. The molecule has 2 aromatic carbocycles. The van der Waals surface area contributed by atoms with Crippen LogP contribution in [0.4, 0.5) is 21.5 Å². The second-order valence-electron chi connectivity index (χ2n) is 4.01. The van der Waals surface area contributed by atoms with Gasteiger partial charge < -0.3 is 16.8 Å². The van der Waals surface area contributed by atoms with E-state index in [4.69, 9.17) is 34.7 Å². The van der Waals surface area contributed by atoms with Crippen molar-refractivity contribution < 1.29 is 9.18 Å². The Bertz CT molecular complexity index is 671. The maximum absolute atomic E-state index is 13.7. The predicted octanol–water partition coefficient (Wildman–Crippen LogP) is 3.56. The molecule has 2 rings (SSSR count). The van der Waals surface area contributed by atoms with Crippen molar-refractivity contribution in [2.75, 3.05) is 11.1 Å². The molecule has 0 aliphatic carbocycles. The van der Waals surface area contributed by atoms with Crippen LogP contribution in [0.2, 0.25) is 10.0 Å². The lowest BCUT2D eigenvalue weighted by atomic mass is 10.1. The number of rotatable bonds is 3. The van der Waals surface area contributed by atoms with Crippen LogP contribution in [0.25, 0.3) is 0 Å². The number of halogens is 3. The van der Waals surface area contributed by atoms with E-state index in [9.17, 15) is 9.18 Å². The van der Waals surface area contributed by atoms with Gasteiger partial charge in [0.1, 0.15) is 5.82 Å². The first-order valence-electron chi connectivity index (χ1n) is 5.50. The first-order valence-corrected chi connectivity index (χ1v) is 6.25. The zero-order chi connectivity index (χ0) is 14.9. The highest BCUT2D eigenvalue weighted by Gasteiger charge is 2.16. The molecule has 2 aromatic rings. The van der Waals surface area contributed by atoms with E-state index in [0.29, 0.717) is 0 Å². The van der Waals surface area contributed by atoms with Crippen LogP contribution in [0.3, 0.4) is 0 Å². The average Bonchev–Trinajstić information content (AvgIpc) is 2.35. The SMILES string of the molecule is NC(=O)c1cc(N)cc(Cl)c1Nc1c(F)cccc1Cl. The lowest BCUT2D eigenvalue weighted by molar-refractivity contribution is 0.100. The van der Waals surface area contributed by atoms with Gasteiger partial charge in [-0.3, -0.25) is 4.79 Å². The number of nitrogen functional groups attached to an aromatic ring is 1. The van der Waals surface area contributed by atoms with Crippen molar-refractivity contribution in [3.8, 4) is 0 Å². The van der Waals surface area contributed by atoms with Gasteiger partial charge in [0.05, 0.1) is 27.0 Å². The molecular weight excluding hydrogens is 304 g/mol. The van der Waals surface area contributed by atoms with Gasteiger partial charge in [0.2, 0.25) is 0 Å². The summed E-state index contributed by atoms with van der Waals surface area (Å²) in [4.78, 5) is 11.4. The number of para-hydroxylation sites is 1. The third-order valence-electron chi connectivity index (χ3n) is 2.59. The monoisotopic (exact) mass is 313 g/mol. The molecule has 0 aliphatic rings. The molecule has 20 heavy (non-hydrogen) atoms. The number of amides is 1. The maximum atomic E-state index is 13.7. The molecule has 0 saturated heterocycles. The van der Waals surface area contributed by atoms with Gasteiger partial charge >= 0.3 is 0 Å². The third-order valence-corrected chi connectivity index (χ3v) is 3.20. The summed E-state index contributed by atoms with van der Waals surface area (Å²) in [5.74, 6) is -1.32. The van der Waals surface area contributed by atoms with Gasteiger partial charge in [-0.15, -0.1) is 0 Å². The quantitative estimate of drug-likeness (QED) is 0.758. The smallest absolute Gasteiger partial charge is 0.250 e. The van der Waals surface area contributed by atoms with Gasteiger partial charge in [0, 0.05) is 5.69 Å². The van der Waals surface area contributed by atoms with E-state index in [0.717, 1.165) is 0 Å². The van der Waals surface area contributed by atoms with E-state index in [1.54, 1.807) is 0 Å². The van der Waals surface area contributed by atoms with E-state index in [1.807, 2.05) is 0 Å². The van der Waals surface area contributed by atoms with Crippen LogP contribution in [0, 0.1) is 5.82 Å². The molecule has 1 amide bonds. The third kappa shape index (κ3) is 2.79. The highest BCUT2D eigenvalue weighted by atomic mass is 35.5. The molecule has 0 spiro atoms. The molecule has 4 nitrogen and oxygen atoms in total. The summed E-state index contributed by atoms with van der Waals surface area (Å²) in [6, 6.07) is 6.96. The Kier molecular flexibility index (Phi) is 4.01. The van der Waals surface area contributed by atoms with Crippen molar-refractivity contribution in [3.05, 3.63) is 51.8 Å². The van der Waals surface area contributed by atoms with E-state index in [-0.39, 0.29) is 32.7 Å². The molecular formula is C13H10Cl2FN3O. The number of benzene rings is 2. The fraction of sp³-hybridized carbons (Fsp3) is 0. The Morgan fingerprint density at radius 1 is 1.15 bits per heavy atom. The molecule has 0 aliphatic heterocycles. The van der Waals surface area contributed by atoms with Crippen molar-refractivity contribution in [1.29, 1.82) is 0 Å². The summed E-state index contributed by atoms with van der Waals surface area (Å²) >= 11 is 11.9. The molecule has 0 radical (unpaired) electrons. The minimum Gasteiger partial charge on any atom is -0.399 e. The maximum Gasteiger partial charge on any atom is 0.250 e. The van der Waals surface area contributed by atoms with Crippen LogP contribution < -0.4 is 16.8 Å². The fourth-order valence-corrected chi connectivity index (χ4v) is 2.18. The Morgan fingerprint density at radius 3 is 2.45 bits per heavy atom.